The van der Waals surface area contributed by atoms with Gasteiger partial charge in [0.2, 0.25) is 0 Å². The molecule has 1 fully saturated rings. The number of aliphatic hydroxyl groups is 1. The third-order valence-electron chi connectivity index (χ3n) is 3.75. The molecule has 2 heteroatoms. The van der Waals surface area contributed by atoms with Crippen molar-refractivity contribution in [2.24, 2.45) is 5.41 Å². The monoisotopic (exact) mass is 201 g/mol. The fourth-order valence-corrected chi connectivity index (χ4v) is 2.35. The first-order valence-electron chi connectivity index (χ1n) is 5.97. The van der Waals surface area contributed by atoms with Crippen molar-refractivity contribution in [1.82, 2.24) is 4.90 Å². The topological polar surface area (TPSA) is 23.5 Å². The van der Waals surface area contributed by atoms with Gasteiger partial charge in [-0.05, 0) is 39.8 Å². The van der Waals surface area contributed by atoms with Crippen LogP contribution in [0.3, 0.4) is 0 Å². The van der Waals surface area contributed by atoms with Crippen LogP contribution in [0, 0.1) is 5.41 Å². The summed E-state index contributed by atoms with van der Waals surface area (Å²) in [7, 11) is 2.16. The maximum absolute atomic E-state index is 9.40. The molecule has 0 spiro atoms. The van der Waals surface area contributed by atoms with E-state index in [2.05, 4.69) is 25.8 Å². The number of likely N-dealkylation sites (tertiary alicyclic amines) is 1. The van der Waals surface area contributed by atoms with E-state index in [4.69, 9.17) is 0 Å². The zero-order valence-electron chi connectivity index (χ0n) is 10.5. The maximum atomic E-state index is 9.40. The van der Waals surface area contributed by atoms with E-state index in [9.17, 15) is 5.11 Å². The number of rotatable bonds is 2. The minimum absolute atomic E-state index is 0.174. The van der Waals surface area contributed by atoms with E-state index in [1.165, 1.54) is 19.4 Å². The van der Waals surface area contributed by atoms with Crippen molar-refractivity contribution >= 4 is 0 Å². The van der Waals surface area contributed by atoms with Crippen LogP contribution < -0.4 is 0 Å². The number of nitrogens with zero attached hydrogens (tertiary/aromatic N) is 1. The Morgan fingerprint density at radius 2 is 2.00 bits per heavy atom. The Hall–Kier alpha value is -0.0800. The smallest absolute Gasteiger partial charge is 0.0502 e. The SMILES string of the molecule is CC.CC[C@]1(CO)CCCN(C)[C@@H]1C. The molecular weight excluding hydrogens is 174 g/mol. The highest BCUT2D eigenvalue weighted by Crippen LogP contribution is 2.37. The lowest BCUT2D eigenvalue weighted by Crippen LogP contribution is -2.50. The molecule has 0 saturated carbocycles. The molecule has 0 radical (unpaired) electrons. The fourth-order valence-electron chi connectivity index (χ4n) is 2.35. The molecule has 1 heterocycles. The van der Waals surface area contributed by atoms with Gasteiger partial charge in [-0.3, -0.25) is 0 Å². The van der Waals surface area contributed by atoms with Crippen LogP contribution in [-0.4, -0.2) is 36.2 Å². The van der Waals surface area contributed by atoms with Gasteiger partial charge in [0.15, 0.2) is 0 Å². The Morgan fingerprint density at radius 3 is 2.36 bits per heavy atom. The van der Waals surface area contributed by atoms with Crippen LogP contribution in [0.5, 0.6) is 0 Å². The van der Waals surface area contributed by atoms with Crippen LogP contribution in [0.2, 0.25) is 0 Å². The van der Waals surface area contributed by atoms with Gasteiger partial charge in [0.05, 0.1) is 6.61 Å². The van der Waals surface area contributed by atoms with Crippen LogP contribution in [0.1, 0.15) is 47.0 Å². The second-order valence-electron chi connectivity index (χ2n) is 4.13. The van der Waals surface area contributed by atoms with Crippen molar-refractivity contribution in [3.8, 4) is 0 Å². The quantitative estimate of drug-likeness (QED) is 0.742. The first-order chi connectivity index (χ1) is 6.66. The molecule has 2 atom stereocenters. The van der Waals surface area contributed by atoms with Crippen LogP contribution >= 0.6 is 0 Å². The summed E-state index contributed by atoms with van der Waals surface area (Å²) >= 11 is 0. The van der Waals surface area contributed by atoms with E-state index in [-0.39, 0.29) is 5.41 Å². The van der Waals surface area contributed by atoms with Crippen LogP contribution in [0.4, 0.5) is 0 Å². The van der Waals surface area contributed by atoms with Crippen molar-refractivity contribution < 1.29 is 5.11 Å². The molecule has 0 unspecified atom stereocenters. The van der Waals surface area contributed by atoms with Gasteiger partial charge in [0, 0.05) is 11.5 Å². The van der Waals surface area contributed by atoms with Crippen molar-refractivity contribution in [1.29, 1.82) is 0 Å². The van der Waals surface area contributed by atoms with Crippen molar-refractivity contribution in [3.63, 3.8) is 0 Å². The summed E-state index contributed by atoms with van der Waals surface area (Å²) in [6.45, 7) is 9.95. The molecule has 2 nitrogen and oxygen atoms in total. The molecule has 0 amide bonds. The third kappa shape index (κ3) is 2.71. The molecule has 1 rings (SSSR count). The van der Waals surface area contributed by atoms with Crippen LogP contribution in [0.25, 0.3) is 0 Å². The van der Waals surface area contributed by atoms with E-state index in [1.54, 1.807) is 0 Å². The highest BCUT2D eigenvalue weighted by molar-refractivity contribution is 4.91. The molecular formula is C12H27NO. The Labute approximate surface area is 89.3 Å². The summed E-state index contributed by atoms with van der Waals surface area (Å²) in [5, 5.41) is 9.40. The molecule has 0 bridgehead atoms. The average molecular weight is 201 g/mol. The molecule has 1 aliphatic rings. The molecule has 1 saturated heterocycles. The first-order valence-corrected chi connectivity index (χ1v) is 5.97. The molecule has 0 aromatic rings. The molecule has 0 aromatic heterocycles. The molecule has 86 valence electrons. The average Bonchev–Trinajstić information content (AvgIpc) is 2.26. The van der Waals surface area contributed by atoms with Gasteiger partial charge in [0.1, 0.15) is 0 Å². The molecule has 1 aliphatic heterocycles. The van der Waals surface area contributed by atoms with Gasteiger partial charge in [-0.2, -0.15) is 0 Å². The van der Waals surface area contributed by atoms with Crippen molar-refractivity contribution in [2.75, 3.05) is 20.2 Å². The number of hydrogen-bond donors (Lipinski definition) is 1. The fraction of sp³-hybridized carbons (Fsp3) is 1.00. The summed E-state index contributed by atoms with van der Waals surface area (Å²) in [4.78, 5) is 2.36. The highest BCUT2D eigenvalue weighted by atomic mass is 16.3. The Morgan fingerprint density at radius 1 is 1.43 bits per heavy atom. The maximum Gasteiger partial charge on any atom is 0.0502 e. The third-order valence-corrected chi connectivity index (χ3v) is 3.75. The van der Waals surface area contributed by atoms with Crippen LogP contribution in [0.15, 0.2) is 0 Å². The summed E-state index contributed by atoms with van der Waals surface area (Å²) < 4.78 is 0. The highest BCUT2D eigenvalue weighted by Gasteiger charge is 2.38. The van der Waals surface area contributed by atoms with E-state index in [0.29, 0.717) is 12.6 Å². The van der Waals surface area contributed by atoms with Crippen molar-refractivity contribution in [2.45, 2.75) is 53.0 Å². The van der Waals surface area contributed by atoms with Gasteiger partial charge < -0.3 is 10.0 Å². The van der Waals surface area contributed by atoms with Gasteiger partial charge in [-0.1, -0.05) is 20.8 Å². The summed E-state index contributed by atoms with van der Waals surface area (Å²) in [5.41, 5.74) is 0.174. The minimum Gasteiger partial charge on any atom is -0.396 e. The van der Waals surface area contributed by atoms with Crippen LogP contribution in [-0.2, 0) is 0 Å². The van der Waals surface area contributed by atoms with Gasteiger partial charge in [-0.25, -0.2) is 0 Å². The van der Waals surface area contributed by atoms with E-state index in [0.717, 1.165) is 6.42 Å². The van der Waals surface area contributed by atoms with Gasteiger partial charge in [-0.15, -0.1) is 0 Å². The lowest BCUT2D eigenvalue weighted by Gasteiger charge is -2.46. The lowest BCUT2D eigenvalue weighted by molar-refractivity contribution is -0.00867. The molecule has 0 aromatic carbocycles. The minimum atomic E-state index is 0.174. The Balaban J connectivity index is 0.000000791. The predicted octanol–water partition coefficient (Wildman–Crippen LogP) is 2.52. The zero-order chi connectivity index (χ0) is 11.2. The largest absolute Gasteiger partial charge is 0.396 e. The summed E-state index contributed by atoms with van der Waals surface area (Å²) in [5.74, 6) is 0. The standard InChI is InChI=1S/C10H21NO.C2H6/c1-4-10(8-12)6-5-7-11(3)9(10)2;1-2/h9,12H,4-8H2,1-3H3;1-2H3/t9-,10-;/m1./s1. The Kier molecular flexibility index (Phi) is 6.38. The lowest BCUT2D eigenvalue weighted by atomic mass is 9.72. The number of piperidine rings is 1. The molecule has 0 aliphatic carbocycles. The molecule has 1 N–H and O–H groups in total. The number of hydrogen-bond acceptors (Lipinski definition) is 2. The van der Waals surface area contributed by atoms with E-state index < -0.39 is 0 Å². The van der Waals surface area contributed by atoms with Crippen molar-refractivity contribution in [3.05, 3.63) is 0 Å². The van der Waals surface area contributed by atoms with E-state index >= 15 is 0 Å². The summed E-state index contributed by atoms with van der Waals surface area (Å²) in [6, 6.07) is 0.529. The summed E-state index contributed by atoms with van der Waals surface area (Å²) in [6.07, 6.45) is 3.51. The van der Waals surface area contributed by atoms with Gasteiger partial charge >= 0.3 is 0 Å². The first kappa shape index (κ1) is 13.9. The predicted molar refractivity (Wildman–Crippen MR) is 62.5 cm³/mol. The van der Waals surface area contributed by atoms with Gasteiger partial charge in [0.25, 0.3) is 0 Å². The normalized spacial score (nSPS) is 33.4. The second kappa shape index (κ2) is 6.41. The zero-order valence-corrected chi connectivity index (χ0v) is 10.5. The number of aliphatic hydroxyl groups excluding tert-OH is 1. The second-order valence-corrected chi connectivity index (χ2v) is 4.13. The van der Waals surface area contributed by atoms with E-state index in [1.807, 2.05) is 13.8 Å². The molecule has 14 heavy (non-hydrogen) atoms. The Bertz CT molecular complexity index is 143.